The largest absolute Gasteiger partial charge is 0.377 e. The quantitative estimate of drug-likeness (QED) is 0.420. The van der Waals surface area contributed by atoms with Crippen molar-refractivity contribution in [3.8, 4) is 0 Å². The van der Waals surface area contributed by atoms with Crippen molar-refractivity contribution in [2.45, 2.75) is 31.6 Å². The molecule has 2 rings (SSSR count). The third-order valence-electron chi connectivity index (χ3n) is 3.78. The van der Waals surface area contributed by atoms with Gasteiger partial charge in [0.2, 0.25) is 0 Å². The lowest BCUT2D eigenvalue weighted by Crippen LogP contribution is -2.18. The molecule has 0 heterocycles. The first-order chi connectivity index (χ1) is 8.79. The second-order valence-electron chi connectivity index (χ2n) is 5.10. The molecule has 0 aromatic heterocycles. The summed E-state index contributed by atoms with van der Waals surface area (Å²) in [5, 5.41) is 0. The van der Waals surface area contributed by atoms with E-state index in [1.54, 1.807) is 0 Å². The van der Waals surface area contributed by atoms with Gasteiger partial charge in [-0.1, -0.05) is 18.2 Å². The monoisotopic (exact) mass is 356 g/mol. The molecule has 0 unspecified atom stereocenters. The van der Waals surface area contributed by atoms with Gasteiger partial charge in [0, 0.05) is 10.2 Å². The molecule has 0 radical (unpaired) electrons. The molecule has 0 atom stereocenters. The van der Waals surface area contributed by atoms with Crippen LogP contribution in [0.5, 0.6) is 0 Å². The molecule has 1 aliphatic rings. The molecule has 2 heteroatoms. The maximum Gasteiger partial charge on any atom is 0.0644 e. The lowest BCUT2D eigenvalue weighted by Gasteiger charge is -2.28. The maximum atomic E-state index is 5.56. The summed E-state index contributed by atoms with van der Waals surface area (Å²) < 4.78 is 6.88. The van der Waals surface area contributed by atoms with E-state index < -0.39 is 0 Å². The number of hydrogen-bond acceptors (Lipinski definition) is 1. The summed E-state index contributed by atoms with van der Waals surface area (Å²) in [6, 6.07) is 9.02. The fourth-order valence-corrected chi connectivity index (χ4v) is 3.08. The molecule has 1 saturated carbocycles. The average Bonchev–Trinajstić information content (AvgIpc) is 2.41. The summed E-state index contributed by atoms with van der Waals surface area (Å²) in [5.74, 6) is 1.52. The fourth-order valence-electron chi connectivity index (χ4n) is 2.72. The Labute approximate surface area is 124 Å². The molecule has 0 aliphatic heterocycles. The highest BCUT2D eigenvalue weighted by Gasteiger charge is 2.22. The number of rotatable bonds is 5. The summed E-state index contributed by atoms with van der Waals surface area (Å²) in [6.45, 7) is 5.28. The molecule has 0 saturated heterocycles. The molecule has 1 aliphatic carbocycles. The van der Waals surface area contributed by atoms with E-state index in [-0.39, 0.29) is 0 Å². The molecule has 0 spiro atoms. The third-order valence-corrected chi connectivity index (χ3v) is 4.50. The van der Waals surface area contributed by atoms with E-state index in [4.69, 9.17) is 4.74 Å². The summed E-state index contributed by atoms with van der Waals surface area (Å²) in [4.78, 5) is 0. The van der Waals surface area contributed by atoms with Crippen LogP contribution in [0.15, 0.2) is 36.9 Å². The van der Waals surface area contributed by atoms with Gasteiger partial charge in [0.15, 0.2) is 0 Å². The lowest BCUT2D eigenvalue weighted by atomic mass is 9.79. The standard InChI is InChI=1S/C16H21IO/c1-2-11-18-12-13-3-5-14(6-4-13)15-7-9-16(17)10-8-15/h2,7-10,13-14H,1,3-6,11-12H2/t13-,14-. The van der Waals surface area contributed by atoms with Crippen molar-refractivity contribution < 1.29 is 4.74 Å². The zero-order chi connectivity index (χ0) is 12.8. The van der Waals surface area contributed by atoms with Gasteiger partial charge in [0.05, 0.1) is 6.61 Å². The van der Waals surface area contributed by atoms with E-state index in [0.717, 1.165) is 18.4 Å². The Morgan fingerprint density at radius 3 is 2.44 bits per heavy atom. The van der Waals surface area contributed by atoms with Crippen molar-refractivity contribution in [1.29, 1.82) is 0 Å². The van der Waals surface area contributed by atoms with E-state index >= 15 is 0 Å². The SMILES string of the molecule is C=CCOC[C@H]1CC[C@H](c2ccc(I)cc2)CC1. The zero-order valence-corrected chi connectivity index (χ0v) is 12.9. The van der Waals surface area contributed by atoms with Crippen molar-refractivity contribution in [3.63, 3.8) is 0 Å². The van der Waals surface area contributed by atoms with Crippen LogP contribution in [0, 0.1) is 9.49 Å². The van der Waals surface area contributed by atoms with Crippen molar-refractivity contribution in [2.24, 2.45) is 5.92 Å². The predicted octanol–water partition coefficient (Wildman–Crippen LogP) is 4.77. The van der Waals surface area contributed by atoms with Gasteiger partial charge in [0.25, 0.3) is 0 Å². The number of ether oxygens (including phenoxy) is 1. The first-order valence-corrected chi connectivity index (χ1v) is 7.81. The molecular weight excluding hydrogens is 335 g/mol. The Balaban J connectivity index is 1.79. The lowest BCUT2D eigenvalue weighted by molar-refractivity contribution is 0.102. The second-order valence-corrected chi connectivity index (χ2v) is 6.34. The molecular formula is C16H21IO. The van der Waals surface area contributed by atoms with Crippen LogP contribution in [0.1, 0.15) is 37.2 Å². The second kappa shape index (κ2) is 7.29. The average molecular weight is 356 g/mol. The Morgan fingerprint density at radius 2 is 1.83 bits per heavy atom. The van der Waals surface area contributed by atoms with Crippen LogP contribution in [0.2, 0.25) is 0 Å². The van der Waals surface area contributed by atoms with Gasteiger partial charge < -0.3 is 4.74 Å². The fraction of sp³-hybridized carbons (Fsp3) is 0.500. The Bertz CT molecular complexity index is 363. The number of halogens is 1. The number of benzene rings is 1. The zero-order valence-electron chi connectivity index (χ0n) is 10.8. The molecule has 0 N–H and O–H groups in total. The number of hydrogen-bond donors (Lipinski definition) is 0. The van der Waals surface area contributed by atoms with Gasteiger partial charge in [-0.05, 0) is 77.8 Å². The van der Waals surface area contributed by atoms with Gasteiger partial charge >= 0.3 is 0 Å². The first-order valence-electron chi connectivity index (χ1n) is 6.73. The third kappa shape index (κ3) is 4.09. The minimum Gasteiger partial charge on any atom is -0.377 e. The van der Waals surface area contributed by atoms with Crippen molar-refractivity contribution in [2.75, 3.05) is 13.2 Å². The Hall–Kier alpha value is -0.350. The van der Waals surface area contributed by atoms with Crippen LogP contribution in [0.3, 0.4) is 0 Å². The summed E-state index contributed by atoms with van der Waals surface area (Å²) in [5.41, 5.74) is 1.51. The molecule has 0 bridgehead atoms. The normalized spacial score (nSPS) is 23.8. The van der Waals surface area contributed by atoms with Gasteiger partial charge in [-0.3, -0.25) is 0 Å². The van der Waals surface area contributed by atoms with Crippen LogP contribution >= 0.6 is 22.6 Å². The van der Waals surface area contributed by atoms with Crippen LogP contribution in [-0.2, 0) is 4.74 Å². The van der Waals surface area contributed by atoms with Crippen molar-refractivity contribution in [1.82, 2.24) is 0 Å². The van der Waals surface area contributed by atoms with E-state index in [9.17, 15) is 0 Å². The highest BCUT2D eigenvalue weighted by Crippen LogP contribution is 2.35. The summed E-state index contributed by atoms with van der Waals surface area (Å²) in [6.07, 6.45) is 7.05. The molecule has 1 fully saturated rings. The minimum absolute atomic E-state index is 0.692. The smallest absolute Gasteiger partial charge is 0.0644 e. The van der Waals surface area contributed by atoms with E-state index in [2.05, 4.69) is 53.4 Å². The molecule has 1 aromatic rings. The highest BCUT2D eigenvalue weighted by atomic mass is 127. The maximum absolute atomic E-state index is 5.56. The highest BCUT2D eigenvalue weighted by molar-refractivity contribution is 14.1. The van der Waals surface area contributed by atoms with Gasteiger partial charge in [0.1, 0.15) is 0 Å². The predicted molar refractivity (Wildman–Crippen MR) is 84.9 cm³/mol. The van der Waals surface area contributed by atoms with Crippen LogP contribution in [0.4, 0.5) is 0 Å². The Morgan fingerprint density at radius 1 is 1.17 bits per heavy atom. The molecule has 18 heavy (non-hydrogen) atoms. The molecule has 1 nitrogen and oxygen atoms in total. The van der Waals surface area contributed by atoms with Gasteiger partial charge in [-0.15, -0.1) is 6.58 Å². The first kappa shape index (κ1) is 14.1. The van der Waals surface area contributed by atoms with Crippen LogP contribution in [-0.4, -0.2) is 13.2 Å². The Kier molecular flexibility index (Phi) is 5.70. The van der Waals surface area contributed by atoms with Crippen LogP contribution in [0.25, 0.3) is 0 Å². The van der Waals surface area contributed by atoms with Crippen molar-refractivity contribution in [3.05, 3.63) is 46.1 Å². The van der Waals surface area contributed by atoms with Crippen LogP contribution < -0.4 is 0 Å². The molecule has 1 aromatic carbocycles. The molecule has 98 valence electrons. The minimum atomic E-state index is 0.692. The van der Waals surface area contributed by atoms with Gasteiger partial charge in [-0.25, -0.2) is 0 Å². The van der Waals surface area contributed by atoms with E-state index in [0.29, 0.717) is 6.61 Å². The topological polar surface area (TPSA) is 9.23 Å². The summed E-state index contributed by atoms with van der Waals surface area (Å²) in [7, 11) is 0. The van der Waals surface area contributed by atoms with E-state index in [1.165, 1.54) is 34.8 Å². The van der Waals surface area contributed by atoms with E-state index in [1.807, 2.05) is 6.08 Å². The van der Waals surface area contributed by atoms with Gasteiger partial charge in [-0.2, -0.15) is 0 Å². The molecule has 0 amide bonds. The summed E-state index contributed by atoms with van der Waals surface area (Å²) >= 11 is 2.36. The van der Waals surface area contributed by atoms with Crippen molar-refractivity contribution >= 4 is 22.6 Å².